The summed E-state index contributed by atoms with van der Waals surface area (Å²) in [6, 6.07) is 2.13. The second-order valence-electron chi connectivity index (χ2n) is 4.89. The molecule has 0 bridgehead atoms. The zero-order valence-corrected chi connectivity index (χ0v) is 12.3. The number of hydrogen-bond acceptors (Lipinski definition) is 5. The highest BCUT2D eigenvalue weighted by Gasteiger charge is 2.14. The van der Waals surface area contributed by atoms with E-state index in [2.05, 4.69) is 45.0 Å². The zero-order chi connectivity index (χ0) is 13.7. The molecule has 0 saturated carbocycles. The quantitative estimate of drug-likeness (QED) is 0.890. The molecule has 0 aromatic carbocycles. The van der Waals surface area contributed by atoms with E-state index in [9.17, 15) is 0 Å². The van der Waals surface area contributed by atoms with Crippen LogP contribution in [0.3, 0.4) is 0 Å². The summed E-state index contributed by atoms with van der Waals surface area (Å²) in [6.07, 6.45) is 1.17. The predicted molar refractivity (Wildman–Crippen MR) is 80.0 cm³/mol. The molecule has 2 heterocycles. The molecule has 106 valence electrons. The molecule has 2 rings (SSSR count). The van der Waals surface area contributed by atoms with Crippen molar-refractivity contribution in [2.75, 3.05) is 49.1 Å². The first-order valence-electron chi connectivity index (χ1n) is 7.31. The Hall–Kier alpha value is -1.36. The lowest BCUT2D eigenvalue weighted by Gasteiger charge is -2.25. The van der Waals surface area contributed by atoms with Crippen molar-refractivity contribution < 1.29 is 0 Å². The summed E-state index contributed by atoms with van der Waals surface area (Å²) in [5.74, 6) is 2.97. The largest absolute Gasteiger partial charge is 0.357 e. The molecule has 1 aromatic rings. The van der Waals surface area contributed by atoms with E-state index < -0.39 is 0 Å². The van der Waals surface area contributed by atoms with Crippen LogP contribution in [0.4, 0.5) is 11.6 Å². The summed E-state index contributed by atoms with van der Waals surface area (Å²) >= 11 is 0. The third kappa shape index (κ3) is 3.56. The lowest BCUT2D eigenvalue weighted by molar-refractivity contribution is 0.724. The first kappa shape index (κ1) is 14.1. The average molecular weight is 263 g/mol. The van der Waals surface area contributed by atoms with Crippen LogP contribution in [0.5, 0.6) is 0 Å². The van der Waals surface area contributed by atoms with Crippen molar-refractivity contribution in [1.82, 2.24) is 15.3 Å². The predicted octanol–water partition coefficient (Wildman–Crippen LogP) is 1.43. The Bertz CT molecular complexity index is 395. The van der Waals surface area contributed by atoms with E-state index in [0.717, 1.165) is 56.7 Å². The van der Waals surface area contributed by atoms with Gasteiger partial charge in [0.25, 0.3) is 0 Å². The van der Waals surface area contributed by atoms with Crippen LogP contribution >= 0.6 is 0 Å². The summed E-state index contributed by atoms with van der Waals surface area (Å²) in [6.45, 7) is 12.5. The molecular formula is C14H25N5. The molecular weight excluding hydrogens is 238 g/mol. The number of rotatable bonds is 4. The number of nitrogens with zero attached hydrogens (tertiary/aromatic N) is 4. The molecule has 0 unspecified atom stereocenters. The van der Waals surface area contributed by atoms with Crippen molar-refractivity contribution >= 4 is 11.6 Å². The van der Waals surface area contributed by atoms with E-state index in [4.69, 9.17) is 0 Å². The van der Waals surface area contributed by atoms with Gasteiger partial charge < -0.3 is 15.1 Å². The first-order valence-corrected chi connectivity index (χ1v) is 7.31. The fraction of sp³-hybridized carbons (Fsp3) is 0.714. The topological polar surface area (TPSA) is 44.3 Å². The van der Waals surface area contributed by atoms with Gasteiger partial charge >= 0.3 is 0 Å². The molecule has 0 radical (unpaired) electrons. The lowest BCUT2D eigenvalue weighted by atomic mass is 10.3. The van der Waals surface area contributed by atoms with Crippen LogP contribution in [0.15, 0.2) is 6.07 Å². The SMILES string of the molecule is CCN(CC)c1cc(N2CCCNCC2)nc(C)n1. The highest BCUT2D eigenvalue weighted by atomic mass is 15.2. The maximum atomic E-state index is 4.61. The van der Waals surface area contributed by atoms with Gasteiger partial charge in [0, 0.05) is 38.8 Å². The molecule has 1 aromatic heterocycles. The molecule has 1 N–H and O–H groups in total. The van der Waals surface area contributed by atoms with Gasteiger partial charge in [0.1, 0.15) is 17.5 Å². The van der Waals surface area contributed by atoms with Crippen molar-refractivity contribution in [3.8, 4) is 0 Å². The van der Waals surface area contributed by atoms with Gasteiger partial charge in [-0.25, -0.2) is 9.97 Å². The third-order valence-corrected chi connectivity index (χ3v) is 3.56. The summed E-state index contributed by atoms with van der Waals surface area (Å²) < 4.78 is 0. The van der Waals surface area contributed by atoms with Crippen molar-refractivity contribution in [2.45, 2.75) is 27.2 Å². The maximum Gasteiger partial charge on any atom is 0.134 e. The molecule has 0 spiro atoms. The monoisotopic (exact) mass is 263 g/mol. The number of hydrogen-bond donors (Lipinski definition) is 1. The van der Waals surface area contributed by atoms with Crippen LogP contribution in [-0.2, 0) is 0 Å². The minimum absolute atomic E-state index is 0.858. The summed E-state index contributed by atoms with van der Waals surface area (Å²) in [5, 5.41) is 3.43. The minimum atomic E-state index is 0.858. The second-order valence-corrected chi connectivity index (χ2v) is 4.89. The van der Waals surface area contributed by atoms with Gasteiger partial charge in [-0.05, 0) is 33.7 Å². The number of aromatic nitrogens is 2. The van der Waals surface area contributed by atoms with E-state index in [0.29, 0.717) is 0 Å². The third-order valence-electron chi connectivity index (χ3n) is 3.56. The van der Waals surface area contributed by atoms with Crippen LogP contribution in [0.25, 0.3) is 0 Å². The summed E-state index contributed by atoms with van der Waals surface area (Å²) in [5.41, 5.74) is 0. The molecule has 1 saturated heterocycles. The standard InChI is InChI=1S/C14H25N5/c1-4-18(5-2)13-11-14(17-12(3)16-13)19-9-6-7-15-8-10-19/h11,15H,4-10H2,1-3H3. The van der Waals surface area contributed by atoms with E-state index in [1.54, 1.807) is 0 Å². The van der Waals surface area contributed by atoms with E-state index >= 15 is 0 Å². The van der Waals surface area contributed by atoms with E-state index in [1.165, 1.54) is 6.42 Å². The van der Waals surface area contributed by atoms with Gasteiger partial charge in [0.15, 0.2) is 0 Å². The Kier molecular flexibility index (Phi) is 4.96. The molecule has 0 amide bonds. The molecule has 19 heavy (non-hydrogen) atoms. The maximum absolute atomic E-state index is 4.61. The van der Waals surface area contributed by atoms with Gasteiger partial charge in [-0.2, -0.15) is 0 Å². The number of nitrogens with one attached hydrogen (secondary N) is 1. The normalized spacial score (nSPS) is 16.3. The molecule has 5 heteroatoms. The van der Waals surface area contributed by atoms with Crippen LogP contribution in [-0.4, -0.2) is 49.2 Å². The van der Waals surface area contributed by atoms with Crippen molar-refractivity contribution in [3.63, 3.8) is 0 Å². The fourth-order valence-corrected chi connectivity index (χ4v) is 2.48. The molecule has 5 nitrogen and oxygen atoms in total. The van der Waals surface area contributed by atoms with Gasteiger partial charge in [0.2, 0.25) is 0 Å². The minimum Gasteiger partial charge on any atom is -0.357 e. The van der Waals surface area contributed by atoms with Gasteiger partial charge in [0.05, 0.1) is 0 Å². The second kappa shape index (κ2) is 6.70. The van der Waals surface area contributed by atoms with Crippen molar-refractivity contribution in [1.29, 1.82) is 0 Å². The summed E-state index contributed by atoms with van der Waals surface area (Å²) in [4.78, 5) is 13.8. The first-order chi connectivity index (χ1) is 9.24. The van der Waals surface area contributed by atoms with Gasteiger partial charge in [-0.3, -0.25) is 0 Å². The van der Waals surface area contributed by atoms with Gasteiger partial charge in [-0.1, -0.05) is 0 Å². The molecule has 1 aliphatic rings. The number of aryl methyl sites for hydroxylation is 1. The number of anilines is 2. The van der Waals surface area contributed by atoms with Crippen LogP contribution in [0.1, 0.15) is 26.1 Å². The zero-order valence-electron chi connectivity index (χ0n) is 12.3. The highest BCUT2D eigenvalue weighted by molar-refractivity contribution is 5.51. The lowest BCUT2D eigenvalue weighted by Crippen LogP contribution is -2.30. The van der Waals surface area contributed by atoms with Gasteiger partial charge in [-0.15, -0.1) is 0 Å². The Morgan fingerprint density at radius 2 is 2.00 bits per heavy atom. The molecule has 0 atom stereocenters. The van der Waals surface area contributed by atoms with E-state index in [1.807, 2.05) is 6.92 Å². The van der Waals surface area contributed by atoms with Crippen molar-refractivity contribution in [2.24, 2.45) is 0 Å². The van der Waals surface area contributed by atoms with Crippen LogP contribution < -0.4 is 15.1 Å². The smallest absolute Gasteiger partial charge is 0.134 e. The Balaban J connectivity index is 2.24. The van der Waals surface area contributed by atoms with E-state index in [-0.39, 0.29) is 0 Å². The molecule has 1 aliphatic heterocycles. The molecule has 1 fully saturated rings. The summed E-state index contributed by atoms with van der Waals surface area (Å²) in [7, 11) is 0. The Morgan fingerprint density at radius 3 is 2.74 bits per heavy atom. The van der Waals surface area contributed by atoms with Crippen LogP contribution in [0.2, 0.25) is 0 Å². The Labute approximate surface area is 116 Å². The fourth-order valence-electron chi connectivity index (χ4n) is 2.48. The average Bonchev–Trinajstić information content (AvgIpc) is 2.68. The van der Waals surface area contributed by atoms with Crippen molar-refractivity contribution in [3.05, 3.63) is 11.9 Å². The molecule has 0 aliphatic carbocycles. The highest BCUT2D eigenvalue weighted by Crippen LogP contribution is 2.19. The van der Waals surface area contributed by atoms with Crippen LogP contribution in [0, 0.1) is 6.92 Å². The Morgan fingerprint density at radius 1 is 1.21 bits per heavy atom.